The molecule has 3 aliphatic heterocycles. The Labute approximate surface area is 144 Å². The number of aliphatic hydroxyl groups excluding tert-OH is 4. The number of rotatable bonds is 4. The van der Waals surface area contributed by atoms with Gasteiger partial charge >= 0.3 is 5.97 Å². The summed E-state index contributed by atoms with van der Waals surface area (Å²) in [6.45, 7) is 3.47. The van der Waals surface area contributed by atoms with Gasteiger partial charge in [-0.3, -0.25) is 0 Å². The highest BCUT2D eigenvalue weighted by Crippen LogP contribution is 2.38. The van der Waals surface area contributed by atoms with E-state index in [0.29, 0.717) is 12.0 Å². The van der Waals surface area contributed by atoms with Crippen molar-refractivity contribution in [2.75, 3.05) is 13.2 Å². The number of fused-ring (bicyclic) bond motifs is 1. The van der Waals surface area contributed by atoms with Gasteiger partial charge in [-0.15, -0.1) is 6.58 Å². The zero-order valence-electron chi connectivity index (χ0n) is 13.4. The summed E-state index contributed by atoms with van der Waals surface area (Å²) in [5.74, 6) is -1.06. The van der Waals surface area contributed by atoms with Crippen molar-refractivity contribution in [1.82, 2.24) is 0 Å². The third kappa shape index (κ3) is 3.31. The lowest BCUT2D eigenvalue weighted by atomic mass is 9.81. The topological polar surface area (TPSA) is 135 Å². The van der Waals surface area contributed by atoms with E-state index in [1.807, 2.05) is 0 Å². The number of carbonyl (C=O) groups excluding carboxylic acids is 1. The van der Waals surface area contributed by atoms with Crippen molar-refractivity contribution < 1.29 is 44.2 Å². The molecule has 25 heavy (non-hydrogen) atoms. The molecule has 0 aromatic heterocycles. The van der Waals surface area contributed by atoms with Gasteiger partial charge in [-0.05, 0) is 6.42 Å². The molecular weight excluding hydrogens is 336 g/mol. The van der Waals surface area contributed by atoms with Crippen molar-refractivity contribution in [3.05, 3.63) is 24.5 Å². The third-order valence-corrected chi connectivity index (χ3v) is 4.79. The first-order valence-electron chi connectivity index (χ1n) is 8.09. The second-order valence-electron chi connectivity index (χ2n) is 6.26. The highest BCUT2D eigenvalue weighted by atomic mass is 16.8. The van der Waals surface area contributed by atoms with Crippen LogP contribution >= 0.6 is 0 Å². The highest BCUT2D eigenvalue weighted by molar-refractivity contribution is 5.89. The molecule has 0 aromatic rings. The smallest absolute Gasteiger partial charge is 0.337 e. The molecule has 3 heterocycles. The lowest BCUT2D eigenvalue weighted by molar-refractivity contribution is -0.339. The standard InChI is InChI=1S/C16H22O9/c1-2-7-8-3-4-22-14(21)9(8)6-23-15(7)25-16-13(20)12(19)11(18)10(5-17)24-16/h2,6-8,10-13,15-20H,1,3-5H2/t7?,8?,10-,11-,12-,13-,15?,16+/m1/s1. The van der Waals surface area contributed by atoms with Crippen LogP contribution < -0.4 is 0 Å². The highest BCUT2D eigenvalue weighted by Gasteiger charge is 2.48. The molecule has 0 bridgehead atoms. The van der Waals surface area contributed by atoms with Gasteiger partial charge in [0.05, 0.1) is 25.0 Å². The van der Waals surface area contributed by atoms with Crippen LogP contribution in [-0.2, 0) is 23.7 Å². The molecule has 3 rings (SSSR count). The minimum absolute atomic E-state index is 0.206. The van der Waals surface area contributed by atoms with E-state index in [-0.39, 0.29) is 12.5 Å². The number of cyclic esters (lactones) is 1. The van der Waals surface area contributed by atoms with Crippen LogP contribution in [0.3, 0.4) is 0 Å². The van der Waals surface area contributed by atoms with Gasteiger partial charge in [0.1, 0.15) is 24.4 Å². The van der Waals surface area contributed by atoms with Crippen LogP contribution in [0.2, 0.25) is 0 Å². The van der Waals surface area contributed by atoms with Gasteiger partial charge in [0, 0.05) is 11.8 Å². The molecule has 9 nitrogen and oxygen atoms in total. The lowest BCUT2D eigenvalue weighted by Gasteiger charge is -2.43. The molecular formula is C16H22O9. The van der Waals surface area contributed by atoms with Crippen molar-refractivity contribution in [2.24, 2.45) is 11.8 Å². The Morgan fingerprint density at radius 3 is 2.68 bits per heavy atom. The number of esters is 1. The van der Waals surface area contributed by atoms with E-state index in [2.05, 4.69) is 6.58 Å². The van der Waals surface area contributed by atoms with E-state index >= 15 is 0 Å². The molecule has 2 fully saturated rings. The van der Waals surface area contributed by atoms with Crippen molar-refractivity contribution in [1.29, 1.82) is 0 Å². The molecule has 0 amide bonds. The minimum atomic E-state index is -1.54. The zero-order valence-corrected chi connectivity index (χ0v) is 13.4. The average Bonchev–Trinajstić information content (AvgIpc) is 2.62. The van der Waals surface area contributed by atoms with Crippen LogP contribution in [0, 0.1) is 11.8 Å². The summed E-state index contributed by atoms with van der Waals surface area (Å²) >= 11 is 0. The van der Waals surface area contributed by atoms with Crippen molar-refractivity contribution in [3.8, 4) is 0 Å². The number of aliphatic hydroxyl groups is 4. The summed E-state index contributed by atoms with van der Waals surface area (Å²) in [5, 5.41) is 38.9. The molecule has 8 atom stereocenters. The average molecular weight is 358 g/mol. The molecule has 3 aliphatic rings. The van der Waals surface area contributed by atoms with Crippen LogP contribution in [-0.4, -0.2) is 76.6 Å². The quantitative estimate of drug-likeness (QED) is 0.346. The minimum Gasteiger partial charge on any atom is -0.471 e. The maximum absolute atomic E-state index is 11.8. The predicted molar refractivity (Wildman–Crippen MR) is 80.6 cm³/mol. The molecule has 0 aromatic carbocycles. The van der Waals surface area contributed by atoms with Crippen LogP contribution in [0.1, 0.15) is 6.42 Å². The Bertz CT molecular complexity index is 546. The fraction of sp³-hybridized carbons (Fsp3) is 0.688. The molecule has 0 spiro atoms. The van der Waals surface area contributed by atoms with E-state index < -0.39 is 55.5 Å². The Morgan fingerprint density at radius 1 is 1.24 bits per heavy atom. The number of hydrogen-bond donors (Lipinski definition) is 4. The van der Waals surface area contributed by atoms with E-state index in [4.69, 9.17) is 18.9 Å². The van der Waals surface area contributed by atoms with E-state index in [1.54, 1.807) is 6.08 Å². The summed E-state index contributed by atoms with van der Waals surface area (Å²) < 4.78 is 21.4. The first-order valence-corrected chi connectivity index (χ1v) is 8.09. The molecule has 4 N–H and O–H groups in total. The van der Waals surface area contributed by atoms with Crippen LogP contribution in [0.15, 0.2) is 24.5 Å². The molecule has 2 saturated heterocycles. The number of ether oxygens (including phenoxy) is 4. The molecule has 0 saturated carbocycles. The van der Waals surface area contributed by atoms with Gasteiger partial charge in [0.2, 0.25) is 6.29 Å². The van der Waals surface area contributed by atoms with Crippen LogP contribution in [0.25, 0.3) is 0 Å². The zero-order chi connectivity index (χ0) is 18.1. The van der Waals surface area contributed by atoms with E-state index in [9.17, 15) is 25.2 Å². The van der Waals surface area contributed by atoms with E-state index in [1.165, 1.54) is 6.26 Å². The second-order valence-corrected chi connectivity index (χ2v) is 6.26. The normalized spacial score (nSPS) is 44.2. The first kappa shape index (κ1) is 18.3. The second kappa shape index (κ2) is 7.40. The Hall–Kier alpha value is -1.49. The molecule has 9 heteroatoms. The fourth-order valence-corrected chi connectivity index (χ4v) is 3.34. The van der Waals surface area contributed by atoms with Crippen molar-refractivity contribution in [3.63, 3.8) is 0 Å². The molecule has 140 valence electrons. The summed E-state index contributed by atoms with van der Waals surface area (Å²) in [6, 6.07) is 0. The monoisotopic (exact) mass is 358 g/mol. The van der Waals surface area contributed by atoms with Crippen LogP contribution in [0.4, 0.5) is 0 Å². The predicted octanol–water partition coefficient (Wildman–Crippen LogP) is -1.59. The van der Waals surface area contributed by atoms with Gasteiger partial charge in [-0.2, -0.15) is 0 Å². The number of hydrogen-bond acceptors (Lipinski definition) is 9. The van der Waals surface area contributed by atoms with Gasteiger partial charge < -0.3 is 39.4 Å². The third-order valence-electron chi connectivity index (χ3n) is 4.79. The Morgan fingerprint density at radius 2 is 2.00 bits per heavy atom. The summed E-state index contributed by atoms with van der Waals surface area (Å²) in [7, 11) is 0. The number of carbonyl (C=O) groups is 1. The first-order chi connectivity index (χ1) is 12.0. The van der Waals surface area contributed by atoms with Gasteiger partial charge in [-0.25, -0.2) is 4.79 Å². The maximum atomic E-state index is 11.8. The van der Waals surface area contributed by atoms with Gasteiger partial charge in [-0.1, -0.05) is 6.08 Å². The van der Waals surface area contributed by atoms with Crippen LogP contribution in [0.5, 0.6) is 0 Å². The van der Waals surface area contributed by atoms with Gasteiger partial charge in [0.25, 0.3) is 0 Å². The fourth-order valence-electron chi connectivity index (χ4n) is 3.34. The van der Waals surface area contributed by atoms with E-state index in [0.717, 1.165) is 0 Å². The Kier molecular flexibility index (Phi) is 5.42. The summed E-state index contributed by atoms with van der Waals surface area (Å²) in [5.41, 5.74) is 0.393. The van der Waals surface area contributed by atoms with Crippen molar-refractivity contribution in [2.45, 2.75) is 43.4 Å². The molecule has 0 aliphatic carbocycles. The van der Waals surface area contributed by atoms with Gasteiger partial charge in [0.15, 0.2) is 6.29 Å². The molecule has 0 radical (unpaired) electrons. The maximum Gasteiger partial charge on any atom is 0.337 e. The SMILES string of the molecule is C=CC1C(O[C@@H]2O[C@H](CO)[C@@H](O)[C@@H](O)[C@H]2O)OC=C2C(=O)OCCC21. The molecule has 3 unspecified atom stereocenters. The van der Waals surface area contributed by atoms with Crippen molar-refractivity contribution >= 4 is 5.97 Å². The largest absolute Gasteiger partial charge is 0.471 e. The Balaban J connectivity index is 1.75. The lowest BCUT2D eigenvalue weighted by Crippen LogP contribution is -2.60. The summed E-state index contributed by atoms with van der Waals surface area (Å²) in [6.07, 6.45) is -4.44. The summed E-state index contributed by atoms with van der Waals surface area (Å²) in [4.78, 5) is 11.8.